The van der Waals surface area contributed by atoms with E-state index in [0.717, 1.165) is 12.8 Å². The average Bonchev–Trinajstić information content (AvgIpc) is 1.88. The second-order valence-corrected chi connectivity index (χ2v) is 3.81. The largest absolute Gasteiger partial charge is 0.287 e. The molecule has 0 aromatic heterocycles. The number of hydrogen-bond acceptors (Lipinski definition) is 2. The monoisotopic (exact) mass is 156 g/mol. The number of carbonyl (C=O) groups excluding carboxylic acids is 1. The fourth-order valence-electron chi connectivity index (χ4n) is 1.09. The van der Waals surface area contributed by atoms with Gasteiger partial charge in [0.05, 0.1) is 0 Å². The third-order valence-corrected chi connectivity index (χ3v) is 2.44. The lowest BCUT2D eigenvalue weighted by Crippen LogP contribution is -1.90. The molecule has 0 saturated carbocycles. The van der Waals surface area contributed by atoms with Crippen LogP contribution in [0, 0.1) is 0 Å². The lowest BCUT2D eigenvalue weighted by atomic mass is 10.1. The molecule has 56 valence electrons. The highest BCUT2D eigenvalue weighted by atomic mass is 32.2. The van der Waals surface area contributed by atoms with Crippen molar-refractivity contribution in [3.63, 3.8) is 0 Å². The van der Waals surface area contributed by atoms with E-state index >= 15 is 0 Å². The summed E-state index contributed by atoms with van der Waals surface area (Å²) in [5, 5.41) is 0.216. The predicted octanol–water partition coefficient (Wildman–Crippen LogP) is 2.72. The molecule has 0 spiro atoms. The van der Waals surface area contributed by atoms with Gasteiger partial charge in [0, 0.05) is 6.92 Å². The number of rotatable bonds is 1. The summed E-state index contributed by atoms with van der Waals surface area (Å²) in [6.07, 6.45) is 7.02. The number of carbonyl (C=O) groups is 1. The summed E-state index contributed by atoms with van der Waals surface area (Å²) in [6, 6.07) is 0. The van der Waals surface area contributed by atoms with Gasteiger partial charge in [0.1, 0.15) is 0 Å². The molecule has 2 heteroatoms. The molecule has 10 heavy (non-hydrogen) atoms. The molecular weight excluding hydrogens is 144 g/mol. The molecule has 0 aromatic rings. The van der Waals surface area contributed by atoms with Crippen molar-refractivity contribution in [2.75, 3.05) is 0 Å². The maximum atomic E-state index is 10.6. The van der Waals surface area contributed by atoms with Gasteiger partial charge < -0.3 is 0 Å². The van der Waals surface area contributed by atoms with Crippen molar-refractivity contribution in [3.05, 3.63) is 11.0 Å². The second-order valence-electron chi connectivity index (χ2n) is 2.51. The summed E-state index contributed by atoms with van der Waals surface area (Å²) in [5.41, 5.74) is 0. The predicted molar refractivity (Wildman–Crippen MR) is 44.8 cm³/mol. The van der Waals surface area contributed by atoms with Crippen molar-refractivity contribution in [1.82, 2.24) is 0 Å². The summed E-state index contributed by atoms with van der Waals surface area (Å²) < 4.78 is 0. The fourth-order valence-corrected chi connectivity index (χ4v) is 1.90. The molecule has 1 rings (SSSR count). The Morgan fingerprint density at radius 2 is 2.40 bits per heavy atom. The van der Waals surface area contributed by atoms with Crippen LogP contribution in [-0.2, 0) is 4.79 Å². The van der Waals surface area contributed by atoms with Crippen molar-refractivity contribution in [2.45, 2.75) is 32.6 Å². The first kappa shape index (κ1) is 7.86. The molecule has 1 aliphatic rings. The van der Waals surface area contributed by atoms with Gasteiger partial charge in [-0.2, -0.15) is 0 Å². The third kappa shape index (κ3) is 2.56. The zero-order valence-corrected chi connectivity index (χ0v) is 7.04. The van der Waals surface area contributed by atoms with Crippen LogP contribution in [0.5, 0.6) is 0 Å². The van der Waals surface area contributed by atoms with E-state index < -0.39 is 0 Å². The highest BCUT2D eigenvalue weighted by molar-refractivity contribution is 8.16. The van der Waals surface area contributed by atoms with E-state index in [9.17, 15) is 4.79 Å². The van der Waals surface area contributed by atoms with Gasteiger partial charge in [-0.05, 0) is 30.6 Å². The molecule has 1 nitrogen and oxygen atoms in total. The lowest BCUT2D eigenvalue weighted by Gasteiger charge is -2.09. The summed E-state index contributed by atoms with van der Waals surface area (Å²) in [7, 11) is 0. The molecule has 0 aliphatic heterocycles. The maximum absolute atomic E-state index is 10.6. The molecule has 0 atom stereocenters. The van der Waals surface area contributed by atoms with E-state index in [1.807, 2.05) is 0 Å². The van der Waals surface area contributed by atoms with Crippen molar-refractivity contribution in [3.8, 4) is 0 Å². The van der Waals surface area contributed by atoms with Crippen molar-refractivity contribution < 1.29 is 4.79 Å². The lowest BCUT2D eigenvalue weighted by molar-refractivity contribution is -0.109. The fraction of sp³-hybridized carbons (Fsp3) is 0.625. The van der Waals surface area contributed by atoms with Gasteiger partial charge in [-0.15, -0.1) is 0 Å². The topological polar surface area (TPSA) is 17.1 Å². The Morgan fingerprint density at radius 3 is 2.90 bits per heavy atom. The van der Waals surface area contributed by atoms with Crippen LogP contribution in [0.2, 0.25) is 0 Å². The van der Waals surface area contributed by atoms with Crippen LogP contribution in [0.3, 0.4) is 0 Å². The molecule has 0 radical (unpaired) electrons. The van der Waals surface area contributed by atoms with Crippen LogP contribution in [0.4, 0.5) is 0 Å². The summed E-state index contributed by atoms with van der Waals surface area (Å²) >= 11 is 1.40. The smallest absolute Gasteiger partial charge is 0.190 e. The van der Waals surface area contributed by atoms with E-state index in [-0.39, 0.29) is 5.12 Å². The minimum atomic E-state index is 0.216. The highest BCUT2D eigenvalue weighted by Crippen LogP contribution is 2.27. The van der Waals surface area contributed by atoms with E-state index in [0.29, 0.717) is 0 Å². The Kier molecular flexibility index (Phi) is 3.00. The molecular formula is C8H12OS. The van der Waals surface area contributed by atoms with Crippen molar-refractivity contribution >= 4 is 16.9 Å². The number of hydrogen-bond donors (Lipinski definition) is 0. The molecule has 0 amide bonds. The Morgan fingerprint density at radius 1 is 1.60 bits per heavy atom. The zero-order valence-electron chi connectivity index (χ0n) is 6.22. The van der Waals surface area contributed by atoms with Crippen LogP contribution in [-0.4, -0.2) is 5.12 Å². The third-order valence-electron chi connectivity index (χ3n) is 1.52. The summed E-state index contributed by atoms with van der Waals surface area (Å²) in [4.78, 5) is 11.9. The average molecular weight is 156 g/mol. The van der Waals surface area contributed by atoms with Crippen molar-refractivity contribution in [2.24, 2.45) is 0 Å². The normalized spacial score (nSPS) is 18.3. The molecule has 0 unspecified atom stereocenters. The van der Waals surface area contributed by atoms with Gasteiger partial charge >= 0.3 is 0 Å². The Bertz CT molecular complexity index is 161. The van der Waals surface area contributed by atoms with Gasteiger partial charge in [-0.3, -0.25) is 4.79 Å². The molecule has 1 aliphatic carbocycles. The van der Waals surface area contributed by atoms with Crippen molar-refractivity contribution in [1.29, 1.82) is 0 Å². The first-order valence-corrected chi connectivity index (χ1v) is 4.48. The van der Waals surface area contributed by atoms with E-state index in [2.05, 4.69) is 6.08 Å². The first-order valence-electron chi connectivity index (χ1n) is 3.66. The van der Waals surface area contributed by atoms with Crippen LogP contribution in [0.25, 0.3) is 0 Å². The minimum absolute atomic E-state index is 0.216. The van der Waals surface area contributed by atoms with Crippen LogP contribution in [0.1, 0.15) is 32.6 Å². The van der Waals surface area contributed by atoms with Gasteiger partial charge in [0.25, 0.3) is 0 Å². The molecule has 0 heterocycles. The molecule has 0 bridgehead atoms. The number of allylic oxidation sites excluding steroid dienone is 2. The quantitative estimate of drug-likeness (QED) is 0.580. The molecule has 0 N–H and O–H groups in total. The Balaban J connectivity index is 2.38. The first-order chi connectivity index (χ1) is 4.79. The van der Waals surface area contributed by atoms with Gasteiger partial charge in [0.2, 0.25) is 0 Å². The molecule has 0 aromatic carbocycles. The number of thioether (sulfide) groups is 1. The van der Waals surface area contributed by atoms with Gasteiger partial charge in [-0.25, -0.2) is 0 Å². The SMILES string of the molecule is CC(=O)SC1=CCCCC1. The van der Waals surface area contributed by atoms with Gasteiger partial charge in [0.15, 0.2) is 5.12 Å². The minimum Gasteiger partial charge on any atom is -0.287 e. The molecule has 0 saturated heterocycles. The van der Waals surface area contributed by atoms with Crippen LogP contribution >= 0.6 is 11.8 Å². The van der Waals surface area contributed by atoms with E-state index in [1.54, 1.807) is 6.92 Å². The maximum Gasteiger partial charge on any atom is 0.190 e. The van der Waals surface area contributed by atoms with E-state index in [1.165, 1.54) is 29.5 Å². The standard InChI is InChI=1S/C8H12OS/c1-7(9)10-8-5-3-2-4-6-8/h5H,2-4,6H2,1H3. The van der Waals surface area contributed by atoms with Gasteiger partial charge in [-0.1, -0.05) is 17.8 Å². The summed E-state index contributed by atoms with van der Waals surface area (Å²) in [5.74, 6) is 0. The van der Waals surface area contributed by atoms with Crippen LogP contribution < -0.4 is 0 Å². The zero-order chi connectivity index (χ0) is 7.40. The van der Waals surface area contributed by atoms with E-state index in [4.69, 9.17) is 0 Å². The summed E-state index contributed by atoms with van der Waals surface area (Å²) in [6.45, 7) is 1.63. The Labute approximate surface area is 65.9 Å². The van der Waals surface area contributed by atoms with Crippen LogP contribution in [0.15, 0.2) is 11.0 Å². The Hall–Kier alpha value is -0.240. The molecule has 0 fully saturated rings. The highest BCUT2D eigenvalue weighted by Gasteiger charge is 2.05. The second kappa shape index (κ2) is 3.81.